The number of benzene rings is 1. The summed E-state index contributed by atoms with van der Waals surface area (Å²) in [7, 11) is 0. The molecule has 124 valence electrons. The second-order valence-electron chi connectivity index (χ2n) is 6.00. The highest BCUT2D eigenvalue weighted by molar-refractivity contribution is 6.31. The van der Waals surface area contributed by atoms with E-state index in [0.29, 0.717) is 0 Å². The first kappa shape index (κ1) is 15.4. The molecule has 0 spiro atoms. The van der Waals surface area contributed by atoms with Crippen molar-refractivity contribution in [3.05, 3.63) is 53.3 Å². The molecule has 3 aromatic rings. The number of rotatable bonds is 4. The van der Waals surface area contributed by atoms with Crippen molar-refractivity contribution >= 4 is 23.1 Å². The first-order valence-electron chi connectivity index (χ1n) is 8.17. The number of aromatic nitrogens is 4. The van der Waals surface area contributed by atoms with Crippen molar-refractivity contribution in [2.45, 2.75) is 6.42 Å². The molecule has 1 aliphatic rings. The SMILES string of the molecule is Clc1ccccc1CCN1CCN(c2ccc3nncn3n2)CC1. The minimum absolute atomic E-state index is 0.775. The molecule has 1 saturated heterocycles. The number of halogens is 1. The lowest BCUT2D eigenvalue weighted by atomic mass is 10.1. The minimum atomic E-state index is 0.775. The third-order valence-electron chi connectivity index (χ3n) is 4.50. The van der Waals surface area contributed by atoms with Crippen LogP contribution in [0.5, 0.6) is 0 Å². The van der Waals surface area contributed by atoms with Crippen LogP contribution in [0.3, 0.4) is 0 Å². The summed E-state index contributed by atoms with van der Waals surface area (Å²) in [4.78, 5) is 4.79. The van der Waals surface area contributed by atoms with Crippen LogP contribution in [0.1, 0.15) is 5.56 Å². The van der Waals surface area contributed by atoms with Crippen molar-refractivity contribution in [1.29, 1.82) is 0 Å². The number of nitrogens with zero attached hydrogens (tertiary/aromatic N) is 6. The topological polar surface area (TPSA) is 49.6 Å². The summed E-state index contributed by atoms with van der Waals surface area (Å²) in [5.41, 5.74) is 2.00. The van der Waals surface area contributed by atoms with E-state index in [9.17, 15) is 0 Å². The Kier molecular flexibility index (Phi) is 4.32. The minimum Gasteiger partial charge on any atom is -0.353 e. The van der Waals surface area contributed by atoms with Crippen molar-refractivity contribution < 1.29 is 0 Å². The highest BCUT2D eigenvalue weighted by Gasteiger charge is 2.18. The quantitative estimate of drug-likeness (QED) is 0.727. The van der Waals surface area contributed by atoms with Gasteiger partial charge in [0, 0.05) is 37.7 Å². The van der Waals surface area contributed by atoms with Crippen molar-refractivity contribution in [2.24, 2.45) is 0 Å². The number of hydrogen-bond acceptors (Lipinski definition) is 5. The van der Waals surface area contributed by atoms with Gasteiger partial charge in [0.15, 0.2) is 5.65 Å². The van der Waals surface area contributed by atoms with Gasteiger partial charge in [-0.2, -0.15) is 4.52 Å². The van der Waals surface area contributed by atoms with E-state index in [-0.39, 0.29) is 0 Å². The van der Waals surface area contributed by atoms with Gasteiger partial charge < -0.3 is 4.90 Å². The monoisotopic (exact) mass is 342 g/mol. The van der Waals surface area contributed by atoms with Crippen molar-refractivity contribution in [2.75, 3.05) is 37.6 Å². The van der Waals surface area contributed by atoms with Crippen LogP contribution in [0.25, 0.3) is 5.65 Å². The molecule has 1 fully saturated rings. The summed E-state index contributed by atoms with van der Waals surface area (Å²) >= 11 is 6.24. The molecule has 0 N–H and O–H groups in total. The molecule has 0 unspecified atom stereocenters. The van der Waals surface area contributed by atoms with Crippen molar-refractivity contribution in [1.82, 2.24) is 24.7 Å². The number of anilines is 1. The van der Waals surface area contributed by atoms with Crippen LogP contribution in [0.15, 0.2) is 42.7 Å². The number of fused-ring (bicyclic) bond motifs is 1. The second kappa shape index (κ2) is 6.75. The molecule has 1 aromatic carbocycles. The first-order valence-corrected chi connectivity index (χ1v) is 8.55. The summed E-state index contributed by atoms with van der Waals surface area (Å²) in [6.45, 7) is 5.06. The van der Waals surface area contributed by atoms with E-state index in [4.69, 9.17) is 11.6 Å². The van der Waals surface area contributed by atoms with Gasteiger partial charge >= 0.3 is 0 Å². The fourth-order valence-electron chi connectivity index (χ4n) is 3.07. The molecule has 0 bridgehead atoms. The molecule has 3 heterocycles. The maximum Gasteiger partial charge on any atom is 0.177 e. The standard InChI is InChI=1S/C17H19ClN6/c18-15-4-2-1-3-14(15)7-8-22-9-11-23(12-10-22)17-6-5-16-20-19-13-24(16)21-17/h1-6,13H,7-12H2. The maximum atomic E-state index is 6.24. The van der Waals surface area contributed by atoms with Gasteiger partial charge in [0.2, 0.25) is 0 Å². The predicted molar refractivity (Wildman–Crippen MR) is 94.6 cm³/mol. The maximum absolute atomic E-state index is 6.24. The Morgan fingerprint density at radius 3 is 2.67 bits per heavy atom. The number of hydrogen-bond donors (Lipinski definition) is 0. The highest BCUT2D eigenvalue weighted by atomic mass is 35.5. The molecule has 0 atom stereocenters. The van der Waals surface area contributed by atoms with Gasteiger partial charge in [-0.25, -0.2) is 0 Å². The third-order valence-corrected chi connectivity index (χ3v) is 4.87. The van der Waals surface area contributed by atoms with Gasteiger partial charge in [-0.05, 0) is 30.2 Å². The van der Waals surface area contributed by atoms with E-state index < -0.39 is 0 Å². The van der Waals surface area contributed by atoms with Crippen LogP contribution in [0, 0.1) is 0 Å². The first-order chi connectivity index (χ1) is 11.8. The fraction of sp³-hybridized carbons (Fsp3) is 0.353. The Bertz CT molecular complexity index is 825. The van der Waals surface area contributed by atoms with Gasteiger partial charge in [-0.1, -0.05) is 29.8 Å². The Balaban J connectivity index is 1.34. The zero-order chi connectivity index (χ0) is 16.4. The van der Waals surface area contributed by atoms with E-state index in [1.54, 1.807) is 10.8 Å². The normalized spacial score (nSPS) is 16.0. The molecule has 0 aliphatic carbocycles. The van der Waals surface area contributed by atoms with Gasteiger partial charge in [0.25, 0.3) is 0 Å². The summed E-state index contributed by atoms with van der Waals surface area (Å²) in [5.74, 6) is 0.980. The average Bonchev–Trinajstić information content (AvgIpc) is 3.09. The van der Waals surface area contributed by atoms with Crippen LogP contribution < -0.4 is 4.90 Å². The van der Waals surface area contributed by atoms with E-state index in [0.717, 1.165) is 55.6 Å². The molecule has 2 aromatic heterocycles. The third kappa shape index (κ3) is 3.20. The molecule has 6 nitrogen and oxygen atoms in total. The fourth-order valence-corrected chi connectivity index (χ4v) is 3.30. The van der Waals surface area contributed by atoms with E-state index in [1.165, 1.54) is 5.56 Å². The summed E-state index contributed by atoms with van der Waals surface area (Å²) in [5, 5.41) is 13.3. The van der Waals surface area contributed by atoms with Crippen molar-refractivity contribution in [3.8, 4) is 0 Å². The lowest BCUT2D eigenvalue weighted by molar-refractivity contribution is 0.260. The van der Waals surface area contributed by atoms with E-state index in [1.807, 2.05) is 30.3 Å². The Labute approximate surface area is 145 Å². The smallest absolute Gasteiger partial charge is 0.177 e. The molecular weight excluding hydrogens is 324 g/mol. The molecule has 24 heavy (non-hydrogen) atoms. The average molecular weight is 343 g/mol. The predicted octanol–water partition coefficient (Wildman–Crippen LogP) is 2.14. The Morgan fingerprint density at radius 1 is 1.00 bits per heavy atom. The summed E-state index contributed by atoms with van der Waals surface area (Å²) in [6, 6.07) is 12.1. The van der Waals surface area contributed by atoms with Crippen LogP contribution in [-0.2, 0) is 6.42 Å². The number of piperazine rings is 1. The van der Waals surface area contributed by atoms with Crippen molar-refractivity contribution in [3.63, 3.8) is 0 Å². The van der Waals surface area contributed by atoms with Crippen LogP contribution in [-0.4, -0.2) is 57.4 Å². The Morgan fingerprint density at radius 2 is 1.83 bits per heavy atom. The van der Waals surface area contributed by atoms with Gasteiger partial charge in [-0.15, -0.1) is 15.3 Å². The van der Waals surface area contributed by atoms with Gasteiger partial charge in [-0.3, -0.25) is 4.90 Å². The van der Waals surface area contributed by atoms with Crippen LogP contribution in [0.4, 0.5) is 5.82 Å². The van der Waals surface area contributed by atoms with Gasteiger partial charge in [0.05, 0.1) is 0 Å². The molecule has 0 radical (unpaired) electrons. The molecule has 4 rings (SSSR count). The Hall–Kier alpha value is -2.18. The summed E-state index contributed by atoms with van der Waals surface area (Å²) < 4.78 is 1.72. The van der Waals surface area contributed by atoms with Gasteiger partial charge in [0.1, 0.15) is 12.1 Å². The van der Waals surface area contributed by atoms with E-state index in [2.05, 4.69) is 31.2 Å². The lowest BCUT2D eigenvalue weighted by Crippen LogP contribution is -2.47. The molecule has 0 amide bonds. The molecule has 1 aliphatic heterocycles. The second-order valence-corrected chi connectivity index (χ2v) is 6.40. The highest BCUT2D eigenvalue weighted by Crippen LogP contribution is 2.17. The lowest BCUT2D eigenvalue weighted by Gasteiger charge is -2.35. The van der Waals surface area contributed by atoms with E-state index >= 15 is 0 Å². The largest absolute Gasteiger partial charge is 0.353 e. The van der Waals surface area contributed by atoms with Crippen LogP contribution >= 0.6 is 11.6 Å². The van der Waals surface area contributed by atoms with Crippen LogP contribution in [0.2, 0.25) is 5.02 Å². The zero-order valence-electron chi connectivity index (χ0n) is 13.3. The molecular formula is C17H19ClN6. The molecule has 0 saturated carbocycles. The summed E-state index contributed by atoms with van der Waals surface area (Å²) in [6.07, 6.45) is 2.63. The molecule has 7 heteroatoms. The zero-order valence-corrected chi connectivity index (χ0v) is 14.1.